The Bertz CT molecular complexity index is 525. The number of rotatable bonds is 4. The second-order valence-corrected chi connectivity index (χ2v) is 6.36. The number of hydrogen-bond acceptors (Lipinski definition) is 4. The number of nitrogens with one attached hydrogen (secondary N) is 1. The van der Waals surface area contributed by atoms with Crippen molar-refractivity contribution >= 4 is 33.4 Å². The standard InChI is InChI=1S/C15H21BrN4O2/c1-11(17)15(22)20-8-6-19(7-9-20)10-14(21)18-13-4-2-12(16)3-5-13/h2-5,11H,6-10,17H2,1H3,(H,18,21). The Balaban J connectivity index is 1.77. The van der Waals surface area contributed by atoms with E-state index in [4.69, 9.17) is 5.73 Å². The van der Waals surface area contributed by atoms with Gasteiger partial charge in [0, 0.05) is 36.3 Å². The fourth-order valence-corrected chi connectivity index (χ4v) is 2.62. The Labute approximate surface area is 138 Å². The van der Waals surface area contributed by atoms with Crippen LogP contribution in [0.3, 0.4) is 0 Å². The molecule has 0 aliphatic carbocycles. The van der Waals surface area contributed by atoms with Crippen molar-refractivity contribution in [2.24, 2.45) is 5.73 Å². The third-order valence-electron chi connectivity index (χ3n) is 3.57. The molecule has 1 unspecified atom stereocenters. The molecule has 2 rings (SSSR count). The average Bonchev–Trinajstić information content (AvgIpc) is 2.49. The van der Waals surface area contributed by atoms with E-state index >= 15 is 0 Å². The van der Waals surface area contributed by atoms with Gasteiger partial charge < -0.3 is 16.0 Å². The molecule has 0 spiro atoms. The summed E-state index contributed by atoms with van der Waals surface area (Å²) in [5.41, 5.74) is 6.38. The minimum Gasteiger partial charge on any atom is -0.339 e. The topological polar surface area (TPSA) is 78.7 Å². The first-order valence-corrected chi connectivity index (χ1v) is 8.07. The van der Waals surface area contributed by atoms with Crippen molar-refractivity contribution in [3.8, 4) is 0 Å². The number of carbonyl (C=O) groups is 2. The van der Waals surface area contributed by atoms with E-state index in [0.29, 0.717) is 32.7 Å². The van der Waals surface area contributed by atoms with Crippen molar-refractivity contribution in [3.63, 3.8) is 0 Å². The van der Waals surface area contributed by atoms with Crippen molar-refractivity contribution in [1.82, 2.24) is 9.80 Å². The van der Waals surface area contributed by atoms with E-state index in [1.54, 1.807) is 11.8 Å². The quantitative estimate of drug-likeness (QED) is 0.826. The van der Waals surface area contributed by atoms with Crippen molar-refractivity contribution < 1.29 is 9.59 Å². The molecule has 1 heterocycles. The van der Waals surface area contributed by atoms with Crippen LogP contribution in [-0.4, -0.2) is 60.4 Å². The molecule has 6 nitrogen and oxygen atoms in total. The average molecular weight is 369 g/mol. The molecule has 0 bridgehead atoms. The van der Waals surface area contributed by atoms with Crippen molar-refractivity contribution in [3.05, 3.63) is 28.7 Å². The van der Waals surface area contributed by atoms with E-state index < -0.39 is 6.04 Å². The lowest BCUT2D eigenvalue weighted by Gasteiger charge is -2.35. The van der Waals surface area contributed by atoms with Crippen LogP contribution in [0.1, 0.15) is 6.92 Å². The summed E-state index contributed by atoms with van der Waals surface area (Å²) < 4.78 is 0.973. The molecule has 0 aromatic heterocycles. The molecule has 22 heavy (non-hydrogen) atoms. The molecular weight excluding hydrogens is 348 g/mol. The molecule has 120 valence electrons. The van der Waals surface area contributed by atoms with Crippen LogP contribution in [0, 0.1) is 0 Å². The van der Waals surface area contributed by atoms with Gasteiger partial charge in [-0.05, 0) is 31.2 Å². The van der Waals surface area contributed by atoms with Gasteiger partial charge in [0.25, 0.3) is 0 Å². The number of nitrogens with two attached hydrogens (primary N) is 1. The van der Waals surface area contributed by atoms with Crippen molar-refractivity contribution in [1.29, 1.82) is 0 Å². The molecule has 1 aliphatic rings. The number of hydrogen-bond donors (Lipinski definition) is 2. The summed E-state index contributed by atoms with van der Waals surface area (Å²) in [6.45, 7) is 4.63. The summed E-state index contributed by atoms with van der Waals surface area (Å²) in [7, 11) is 0. The van der Waals surface area contributed by atoms with E-state index in [1.165, 1.54) is 0 Å². The molecule has 3 N–H and O–H groups in total. The number of piperazine rings is 1. The SMILES string of the molecule is CC(N)C(=O)N1CCN(CC(=O)Nc2ccc(Br)cc2)CC1. The van der Waals surface area contributed by atoms with E-state index in [9.17, 15) is 9.59 Å². The first-order chi connectivity index (χ1) is 10.5. The van der Waals surface area contributed by atoms with Crippen LogP contribution in [0.5, 0.6) is 0 Å². The number of benzene rings is 1. The summed E-state index contributed by atoms with van der Waals surface area (Å²) in [4.78, 5) is 27.6. The zero-order valence-electron chi connectivity index (χ0n) is 12.6. The van der Waals surface area contributed by atoms with Gasteiger partial charge in [-0.3, -0.25) is 14.5 Å². The van der Waals surface area contributed by atoms with Gasteiger partial charge in [-0.1, -0.05) is 15.9 Å². The number of halogens is 1. The molecular formula is C15H21BrN4O2. The molecule has 1 fully saturated rings. The fraction of sp³-hybridized carbons (Fsp3) is 0.467. The fourth-order valence-electron chi connectivity index (χ4n) is 2.35. The van der Waals surface area contributed by atoms with Crippen LogP contribution in [-0.2, 0) is 9.59 Å². The number of amides is 2. The van der Waals surface area contributed by atoms with Gasteiger partial charge in [0.05, 0.1) is 12.6 Å². The summed E-state index contributed by atoms with van der Waals surface area (Å²) >= 11 is 3.36. The molecule has 1 aromatic rings. The van der Waals surface area contributed by atoms with Gasteiger partial charge in [-0.2, -0.15) is 0 Å². The first kappa shape index (κ1) is 16.9. The van der Waals surface area contributed by atoms with Crippen LogP contribution in [0.15, 0.2) is 28.7 Å². The Kier molecular flexibility index (Phi) is 5.93. The van der Waals surface area contributed by atoms with E-state index in [1.807, 2.05) is 29.2 Å². The predicted octanol–water partition coefficient (Wildman–Crippen LogP) is 0.879. The van der Waals surface area contributed by atoms with Crippen LogP contribution in [0.25, 0.3) is 0 Å². The predicted molar refractivity (Wildman–Crippen MR) is 89.4 cm³/mol. The monoisotopic (exact) mass is 368 g/mol. The highest BCUT2D eigenvalue weighted by Gasteiger charge is 2.23. The lowest BCUT2D eigenvalue weighted by atomic mass is 10.2. The van der Waals surface area contributed by atoms with E-state index in [-0.39, 0.29) is 11.8 Å². The summed E-state index contributed by atoms with van der Waals surface area (Å²) in [5, 5.41) is 2.87. The maximum atomic E-state index is 12.0. The normalized spacial score (nSPS) is 17.1. The Morgan fingerprint density at radius 2 is 1.82 bits per heavy atom. The summed E-state index contributed by atoms with van der Waals surface area (Å²) in [6, 6.07) is 7.00. The lowest BCUT2D eigenvalue weighted by Crippen LogP contribution is -2.53. The first-order valence-electron chi connectivity index (χ1n) is 7.28. The third kappa shape index (κ3) is 4.79. The van der Waals surface area contributed by atoms with Crippen LogP contribution in [0.2, 0.25) is 0 Å². The molecule has 1 saturated heterocycles. The summed E-state index contributed by atoms with van der Waals surface area (Å²) in [5.74, 6) is -0.0757. The van der Waals surface area contributed by atoms with Gasteiger partial charge in [0.1, 0.15) is 0 Å². The van der Waals surface area contributed by atoms with Crippen LogP contribution in [0.4, 0.5) is 5.69 Å². The van der Waals surface area contributed by atoms with Crippen LogP contribution >= 0.6 is 15.9 Å². The Morgan fingerprint density at radius 3 is 2.36 bits per heavy atom. The highest BCUT2D eigenvalue weighted by atomic mass is 79.9. The summed E-state index contributed by atoms with van der Waals surface area (Å²) in [6.07, 6.45) is 0. The van der Waals surface area contributed by atoms with E-state index in [0.717, 1.165) is 10.2 Å². The van der Waals surface area contributed by atoms with Gasteiger partial charge in [-0.25, -0.2) is 0 Å². The van der Waals surface area contributed by atoms with Gasteiger partial charge >= 0.3 is 0 Å². The van der Waals surface area contributed by atoms with Gasteiger partial charge in [0.15, 0.2) is 0 Å². The van der Waals surface area contributed by atoms with E-state index in [2.05, 4.69) is 21.2 Å². The Morgan fingerprint density at radius 1 is 1.23 bits per heavy atom. The van der Waals surface area contributed by atoms with Gasteiger partial charge in [-0.15, -0.1) is 0 Å². The molecule has 1 aromatic carbocycles. The third-order valence-corrected chi connectivity index (χ3v) is 4.10. The highest BCUT2D eigenvalue weighted by Crippen LogP contribution is 2.14. The molecule has 0 saturated carbocycles. The lowest BCUT2D eigenvalue weighted by molar-refractivity contribution is -0.134. The molecule has 1 aliphatic heterocycles. The van der Waals surface area contributed by atoms with Crippen molar-refractivity contribution in [2.75, 3.05) is 38.0 Å². The minimum atomic E-state index is -0.466. The maximum absolute atomic E-state index is 12.0. The second kappa shape index (κ2) is 7.71. The second-order valence-electron chi connectivity index (χ2n) is 5.45. The minimum absolute atomic E-state index is 0.0287. The number of nitrogens with zero attached hydrogens (tertiary/aromatic N) is 2. The Hall–Kier alpha value is -1.44. The molecule has 2 amide bonds. The molecule has 7 heteroatoms. The van der Waals surface area contributed by atoms with Crippen molar-refractivity contribution in [2.45, 2.75) is 13.0 Å². The van der Waals surface area contributed by atoms with Crippen LogP contribution < -0.4 is 11.1 Å². The zero-order chi connectivity index (χ0) is 16.1. The highest BCUT2D eigenvalue weighted by molar-refractivity contribution is 9.10. The molecule has 0 radical (unpaired) electrons. The smallest absolute Gasteiger partial charge is 0.239 e. The largest absolute Gasteiger partial charge is 0.339 e. The number of anilines is 1. The maximum Gasteiger partial charge on any atom is 0.239 e. The molecule has 1 atom stereocenters. The number of carbonyl (C=O) groups excluding carboxylic acids is 2. The zero-order valence-corrected chi connectivity index (χ0v) is 14.2. The van der Waals surface area contributed by atoms with Gasteiger partial charge in [0.2, 0.25) is 11.8 Å².